The zero-order valence-corrected chi connectivity index (χ0v) is 10.6. The summed E-state index contributed by atoms with van der Waals surface area (Å²) in [5.41, 5.74) is 0.674. The fourth-order valence-electron chi connectivity index (χ4n) is 3.13. The molecule has 0 spiro atoms. The highest BCUT2D eigenvalue weighted by atomic mass is 19.1. The predicted molar refractivity (Wildman–Crippen MR) is 70.4 cm³/mol. The van der Waals surface area contributed by atoms with Crippen molar-refractivity contribution < 1.29 is 14.0 Å². The second kappa shape index (κ2) is 3.96. The quantitative estimate of drug-likeness (QED) is 0.758. The van der Waals surface area contributed by atoms with Crippen LogP contribution in [0.1, 0.15) is 16.8 Å². The van der Waals surface area contributed by atoms with E-state index in [4.69, 9.17) is 0 Å². The van der Waals surface area contributed by atoms with Crippen molar-refractivity contribution in [1.82, 2.24) is 5.32 Å². The van der Waals surface area contributed by atoms with E-state index in [1.165, 1.54) is 23.1 Å². The summed E-state index contributed by atoms with van der Waals surface area (Å²) < 4.78 is 13.3. The monoisotopic (exact) mass is 273 g/mol. The number of hydrogen-bond donors (Lipinski definition) is 1. The first-order valence-corrected chi connectivity index (χ1v) is 6.63. The summed E-state index contributed by atoms with van der Waals surface area (Å²) in [6.45, 7) is 1.36. The van der Waals surface area contributed by atoms with Crippen LogP contribution in [-0.2, 0) is 4.79 Å². The molecule has 1 fully saturated rings. The number of fused-ring (bicyclic) bond motifs is 4. The number of nitrogens with one attached hydrogen (secondary N) is 1. The van der Waals surface area contributed by atoms with Crippen LogP contribution < -0.4 is 10.2 Å². The SMILES string of the molecule is O=C1C2=NC3CCNCC3C(=O)N2c2ccc(F)cc21. The lowest BCUT2D eigenvalue weighted by Crippen LogP contribution is -2.54. The van der Waals surface area contributed by atoms with E-state index in [1.54, 1.807) is 0 Å². The molecule has 3 aliphatic heterocycles. The van der Waals surface area contributed by atoms with Gasteiger partial charge in [0.25, 0.3) is 0 Å². The maximum atomic E-state index is 13.3. The van der Waals surface area contributed by atoms with Crippen LogP contribution in [0.4, 0.5) is 10.1 Å². The summed E-state index contributed by atoms with van der Waals surface area (Å²) in [5, 5.41) is 3.18. The predicted octanol–water partition coefficient (Wildman–Crippen LogP) is 0.745. The molecule has 3 aliphatic rings. The number of piperidine rings is 1. The number of hydrogen-bond acceptors (Lipinski definition) is 4. The molecule has 0 aromatic heterocycles. The molecule has 3 heterocycles. The molecule has 4 rings (SSSR count). The highest BCUT2D eigenvalue weighted by Crippen LogP contribution is 2.36. The lowest BCUT2D eigenvalue weighted by atomic mass is 9.91. The third-order valence-electron chi connectivity index (χ3n) is 4.13. The molecule has 1 saturated heterocycles. The lowest BCUT2D eigenvalue weighted by molar-refractivity contribution is -0.122. The third-order valence-corrected chi connectivity index (χ3v) is 4.13. The molecule has 6 heteroatoms. The topological polar surface area (TPSA) is 61.8 Å². The summed E-state index contributed by atoms with van der Waals surface area (Å²) in [6.07, 6.45) is 0.742. The van der Waals surface area contributed by atoms with Gasteiger partial charge in [-0.2, -0.15) is 0 Å². The van der Waals surface area contributed by atoms with Crippen molar-refractivity contribution in [2.24, 2.45) is 10.9 Å². The molecule has 0 bridgehead atoms. The van der Waals surface area contributed by atoms with Crippen LogP contribution in [0.5, 0.6) is 0 Å². The van der Waals surface area contributed by atoms with Crippen molar-refractivity contribution in [3.05, 3.63) is 29.6 Å². The van der Waals surface area contributed by atoms with Crippen molar-refractivity contribution in [1.29, 1.82) is 0 Å². The summed E-state index contributed by atoms with van der Waals surface area (Å²) >= 11 is 0. The molecule has 0 aliphatic carbocycles. The number of benzene rings is 1. The van der Waals surface area contributed by atoms with E-state index >= 15 is 0 Å². The zero-order valence-electron chi connectivity index (χ0n) is 10.6. The number of anilines is 1. The lowest BCUT2D eigenvalue weighted by Gasteiger charge is -2.35. The zero-order chi connectivity index (χ0) is 13.9. The molecular weight excluding hydrogens is 261 g/mol. The van der Waals surface area contributed by atoms with E-state index in [0.717, 1.165) is 13.0 Å². The molecule has 1 aromatic rings. The number of nitrogens with zero attached hydrogens (tertiary/aromatic N) is 2. The van der Waals surface area contributed by atoms with Gasteiger partial charge >= 0.3 is 0 Å². The molecule has 2 unspecified atom stereocenters. The molecule has 1 aromatic carbocycles. The Balaban J connectivity index is 1.88. The average Bonchev–Trinajstić information content (AvgIpc) is 2.73. The van der Waals surface area contributed by atoms with E-state index in [0.29, 0.717) is 12.2 Å². The van der Waals surface area contributed by atoms with Gasteiger partial charge in [0.15, 0.2) is 5.84 Å². The summed E-state index contributed by atoms with van der Waals surface area (Å²) in [5.74, 6) is -1.05. The Morgan fingerprint density at radius 2 is 2.20 bits per heavy atom. The number of Topliss-reactive ketones (excluding diaryl/α,β-unsaturated/α-hetero) is 1. The molecule has 0 saturated carbocycles. The molecule has 102 valence electrons. The first kappa shape index (κ1) is 11.7. The molecular formula is C14H12FN3O2. The van der Waals surface area contributed by atoms with Crippen LogP contribution in [0.25, 0.3) is 0 Å². The van der Waals surface area contributed by atoms with E-state index in [-0.39, 0.29) is 35.0 Å². The summed E-state index contributed by atoms with van der Waals surface area (Å²) in [4.78, 5) is 30.7. The van der Waals surface area contributed by atoms with E-state index < -0.39 is 5.82 Å². The van der Waals surface area contributed by atoms with Crippen LogP contribution in [-0.4, -0.2) is 36.7 Å². The minimum absolute atomic E-state index is 0.120. The van der Waals surface area contributed by atoms with Gasteiger partial charge in [-0.1, -0.05) is 0 Å². The number of ketones is 1. The normalized spacial score (nSPS) is 27.9. The van der Waals surface area contributed by atoms with Crippen molar-refractivity contribution in [2.45, 2.75) is 12.5 Å². The summed E-state index contributed by atoms with van der Waals surface area (Å²) in [7, 11) is 0. The Hall–Kier alpha value is -2.08. The minimum Gasteiger partial charge on any atom is -0.316 e. The van der Waals surface area contributed by atoms with E-state index in [9.17, 15) is 14.0 Å². The third kappa shape index (κ3) is 1.42. The number of carbonyl (C=O) groups is 2. The van der Waals surface area contributed by atoms with Gasteiger partial charge in [0.2, 0.25) is 11.7 Å². The minimum atomic E-state index is -0.482. The highest BCUT2D eigenvalue weighted by molar-refractivity contribution is 6.58. The maximum absolute atomic E-state index is 13.3. The number of halogens is 1. The smallest absolute Gasteiger partial charge is 0.239 e. The molecule has 5 nitrogen and oxygen atoms in total. The largest absolute Gasteiger partial charge is 0.316 e. The van der Waals surface area contributed by atoms with Crippen molar-refractivity contribution >= 4 is 23.2 Å². The molecule has 1 amide bonds. The average molecular weight is 273 g/mol. The van der Waals surface area contributed by atoms with Crippen LogP contribution >= 0.6 is 0 Å². The fraction of sp³-hybridized carbons (Fsp3) is 0.357. The Labute approximate surface area is 114 Å². The molecule has 2 atom stereocenters. The standard InChI is InChI=1S/C14H12FN3O2/c15-7-1-2-11-8(5-7)12(19)13-17-10-3-4-16-6-9(10)14(20)18(11)13/h1-2,5,9-10,16H,3-4,6H2. The Morgan fingerprint density at radius 3 is 3.05 bits per heavy atom. The van der Waals surface area contributed by atoms with Gasteiger partial charge in [0.05, 0.1) is 23.2 Å². The van der Waals surface area contributed by atoms with Crippen LogP contribution in [0, 0.1) is 11.7 Å². The Morgan fingerprint density at radius 1 is 1.35 bits per heavy atom. The number of aliphatic imine (C=N–C) groups is 1. The molecule has 20 heavy (non-hydrogen) atoms. The van der Waals surface area contributed by atoms with Crippen molar-refractivity contribution in [3.63, 3.8) is 0 Å². The highest BCUT2D eigenvalue weighted by Gasteiger charge is 2.47. The second-order valence-corrected chi connectivity index (χ2v) is 5.28. The van der Waals surface area contributed by atoms with Gasteiger partial charge < -0.3 is 5.32 Å². The Kier molecular flexibility index (Phi) is 2.32. The molecule has 0 radical (unpaired) electrons. The first-order chi connectivity index (χ1) is 9.66. The maximum Gasteiger partial charge on any atom is 0.239 e. The van der Waals surface area contributed by atoms with E-state index in [2.05, 4.69) is 10.3 Å². The number of rotatable bonds is 0. The van der Waals surface area contributed by atoms with Gasteiger partial charge in [-0.05, 0) is 31.2 Å². The first-order valence-electron chi connectivity index (χ1n) is 6.63. The van der Waals surface area contributed by atoms with Gasteiger partial charge in [0.1, 0.15) is 5.82 Å². The van der Waals surface area contributed by atoms with Crippen molar-refractivity contribution in [3.8, 4) is 0 Å². The van der Waals surface area contributed by atoms with Crippen molar-refractivity contribution in [2.75, 3.05) is 18.0 Å². The van der Waals surface area contributed by atoms with Crippen LogP contribution in [0.15, 0.2) is 23.2 Å². The van der Waals surface area contributed by atoms with Gasteiger partial charge in [-0.3, -0.25) is 19.5 Å². The van der Waals surface area contributed by atoms with E-state index in [1.807, 2.05) is 0 Å². The van der Waals surface area contributed by atoms with Crippen LogP contribution in [0.3, 0.4) is 0 Å². The number of carbonyl (C=O) groups excluding carboxylic acids is 2. The molecule has 1 N–H and O–H groups in total. The fourth-order valence-corrected chi connectivity index (χ4v) is 3.13. The summed E-state index contributed by atoms with van der Waals surface area (Å²) in [6, 6.07) is 3.76. The second-order valence-electron chi connectivity index (χ2n) is 5.28. The Bertz CT molecular complexity index is 670. The van der Waals surface area contributed by atoms with Crippen LogP contribution in [0.2, 0.25) is 0 Å². The van der Waals surface area contributed by atoms with Gasteiger partial charge in [0, 0.05) is 6.54 Å². The van der Waals surface area contributed by atoms with Gasteiger partial charge in [-0.15, -0.1) is 0 Å². The number of amides is 1. The number of amidine groups is 1. The van der Waals surface area contributed by atoms with Gasteiger partial charge in [-0.25, -0.2) is 4.39 Å².